The third-order valence-electron chi connectivity index (χ3n) is 3.59. The van der Waals surface area contributed by atoms with Crippen molar-refractivity contribution in [1.29, 1.82) is 0 Å². The van der Waals surface area contributed by atoms with Gasteiger partial charge in [-0.2, -0.15) is 0 Å². The summed E-state index contributed by atoms with van der Waals surface area (Å²) in [4.78, 5) is 4.41. The lowest BCUT2D eigenvalue weighted by Crippen LogP contribution is -2.18. The highest BCUT2D eigenvalue weighted by Crippen LogP contribution is 2.31. The van der Waals surface area contributed by atoms with Crippen molar-refractivity contribution in [2.45, 2.75) is 25.3 Å². The molecule has 3 rings (SSSR count). The minimum atomic E-state index is 0.338. The number of nitrogens with one attached hydrogen (secondary N) is 2. The van der Waals surface area contributed by atoms with Crippen LogP contribution in [0.5, 0.6) is 0 Å². The van der Waals surface area contributed by atoms with Gasteiger partial charge >= 0.3 is 0 Å². The number of hydrogen-bond donors (Lipinski definition) is 3. The molecule has 0 aliphatic heterocycles. The molecular weight excluding hydrogens is 236 g/mol. The largest absolute Gasteiger partial charge is 0.363 e. The summed E-state index contributed by atoms with van der Waals surface area (Å²) in [6.45, 7) is 0. The molecule has 0 spiro atoms. The van der Waals surface area contributed by atoms with Crippen LogP contribution in [0.3, 0.4) is 0 Å². The molecule has 4 heteroatoms. The zero-order valence-corrected chi connectivity index (χ0v) is 10.8. The number of anilines is 2. The molecule has 0 saturated heterocycles. The summed E-state index contributed by atoms with van der Waals surface area (Å²) in [6.07, 6.45) is 3.52. The summed E-state index contributed by atoms with van der Waals surface area (Å²) in [6, 6.07) is 14.7. The van der Waals surface area contributed by atoms with Crippen molar-refractivity contribution in [1.82, 2.24) is 4.98 Å². The average molecular weight is 254 g/mol. The van der Waals surface area contributed by atoms with Crippen molar-refractivity contribution in [2.24, 2.45) is 5.84 Å². The Morgan fingerprint density at radius 2 is 1.89 bits per heavy atom. The predicted molar refractivity (Wildman–Crippen MR) is 77.8 cm³/mol. The van der Waals surface area contributed by atoms with Gasteiger partial charge in [0.2, 0.25) is 0 Å². The molecule has 0 radical (unpaired) electrons. The quantitative estimate of drug-likeness (QED) is 0.582. The summed E-state index contributed by atoms with van der Waals surface area (Å²) in [5, 5.41) is 3.51. The van der Waals surface area contributed by atoms with Crippen LogP contribution in [-0.4, -0.2) is 4.98 Å². The van der Waals surface area contributed by atoms with Crippen molar-refractivity contribution in [3.05, 3.63) is 53.6 Å². The van der Waals surface area contributed by atoms with E-state index in [2.05, 4.69) is 40.0 Å². The number of aryl methyl sites for hydroxylation is 1. The van der Waals surface area contributed by atoms with E-state index in [1.54, 1.807) is 0 Å². The van der Waals surface area contributed by atoms with Crippen LogP contribution >= 0.6 is 0 Å². The first-order valence-electron chi connectivity index (χ1n) is 6.65. The van der Waals surface area contributed by atoms with Gasteiger partial charge in [-0.3, -0.25) is 0 Å². The fourth-order valence-corrected chi connectivity index (χ4v) is 2.68. The number of hydrogen-bond acceptors (Lipinski definition) is 4. The molecule has 1 aromatic carbocycles. The van der Waals surface area contributed by atoms with Gasteiger partial charge in [-0.05, 0) is 42.5 Å². The van der Waals surface area contributed by atoms with Crippen molar-refractivity contribution >= 4 is 11.6 Å². The van der Waals surface area contributed by atoms with Crippen LogP contribution < -0.4 is 16.6 Å². The number of nitrogen functional groups attached to an aromatic ring is 1. The summed E-state index contributed by atoms with van der Waals surface area (Å²) in [7, 11) is 0. The molecule has 1 aliphatic rings. The smallest absolute Gasteiger partial charge is 0.142 e. The molecule has 4 N–H and O–H groups in total. The maximum atomic E-state index is 5.39. The standard InChI is InChI=1S/C15H18N4/c16-19-15-10-4-9-14(18-15)17-13-8-3-6-11-5-1-2-7-12(11)13/h1-2,4-5,7,9-10,13H,3,6,8,16H2,(H2,17,18,19). The summed E-state index contributed by atoms with van der Waals surface area (Å²) < 4.78 is 0. The molecular formula is C15H18N4. The fourth-order valence-electron chi connectivity index (χ4n) is 2.68. The molecule has 1 unspecified atom stereocenters. The number of rotatable bonds is 3. The topological polar surface area (TPSA) is 63.0 Å². The number of fused-ring (bicyclic) bond motifs is 1. The van der Waals surface area contributed by atoms with Crippen LogP contribution in [0.1, 0.15) is 30.0 Å². The molecule has 19 heavy (non-hydrogen) atoms. The number of nitrogens with two attached hydrogens (primary N) is 1. The van der Waals surface area contributed by atoms with Crippen LogP contribution in [0.4, 0.5) is 11.6 Å². The summed E-state index contributed by atoms with van der Waals surface area (Å²) in [5.74, 6) is 6.92. The monoisotopic (exact) mass is 254 g/mol. The zero-order valence-electron chi connectivity index (χ0n) is 10.8. The van der Waals surface area contributed by atoms with E-state index >= 15 is 0 Å². The molecule has 0 fully saturated rings. The Kier molecular flexibility index (Phi) is 3.33. The van der Waals surface area contributed by atoms with E-state index in [0.717, 1.165) is 12.2 Å². The SMILES string of the molecule is NNc1cccc(NC2CCCc3ccccc32)n1. The molecule has 0 bridgehead atoms. The van der Waals surface area contributed by atoms with E-state index in [0.29, 0.717) is 11.9 Å². The number of aromatic nitrogens is 1. The van der Waals surface area contributed by atoms with Crippen molar-refractivity contribution in [2.75, 3.05) is 10.7 Å². The van der Waals surface area contributed by atoms with Gasteiger partial charge in [0, 0.05) is 0 Å². The first-order chi connectivity index (χ1) is 9.36. The van der Waals surface area contributed by atoms with E-state index < -0.39 is 0 Å². The van der Waals surface area contributed by atoms with Gasteiger partial charge in [0.1, 0.15) is 11.6 Å². The van der Waals surface area contributed by atoms with E-state index in [1.165, 1.54) is 24.0 Å². The fraction of sp³-hybridized carbons (Fsp3) is 0.267. The lowest BCUT2D eigenvalue weighted by Gasteiger charge is -2.26. The van der Waals surface area contributed by atoms with Crippen molar-refractivity contribution in [3.63, 3.8) is 0 Å². The minimum absolute atomic E-state index is 0.338. The molecule has 2 aromatic rings. The van der Waals surface area contributed by atoms with E-state index in [4.69, 9.17) is 5.84 Å². The average Bonchev–Trinajstić information content (AvgIpc) is 2.48. The lowest BCUT2D eigenvalue weighted by atomic mass is 9.88. The molecule has 1 aromatic heterocycles. The van der Waals surface area contributed by atoms with E-state index in [-0.39, 0.29) is 0 Å². The summed E-state index contributed by atoms with van der Waals surface area (Å²) >= 11 is 0. The van der Waals surface area contributed by atoms with Gasteiger partial charge in [-0.25, -0.2) is 10.8 Å². The molecule has 4 nitrogen and oxygen atoms in total. The number of benzene rings is 1. The Morgan fingerprint density at radius 1 is 1.05 bits per heavy atom. The highest BCUT2D eigenvalue weighted by atomic mass is 15.3. The summed E-state index contributed by atoms with van der Waals surface area (Å²) in [5.41, 5.74) is 5.41. The second-order valence-electron chi connectivity index (χ2n) is 4.84. The highest BCUT2D eigenvalue weighted by molar-refractivity contribution is 5.47. The normalized spacial score (nSPS) is 17.6. The Labute approximate surface area is 113 Å². The van der Waals surface area contributed by atoms with E-state index in [9.17, 15) is 0 Å². The molecule has 1 heterocycles. The van der Waals surface area contributed by atoms with Crippen LogP contribution in [0.15, 0.2) is 42.5 Å². The lowest BCUT2D eigenvalue weighted by molar-refractivity contribution is 0.599. The van der Waals surface area contributed by atoms with Gasteiger partial charge in [0.25, 0.3) is 0 Å². The Morgan fingerprint density at radius 3 is 2.79 bits per heavy atom. The maximum Gasteiger partial charge on any atom is 0.142 e. The minimum Gasteiger partial charge on any atom is -0.363 e. The molecule has 0 amide bonds. The van der Waals surface area contributed by atoms with Crippen molar-refractivity contribution in [3.8, 4) is 0 Å². The first-order valence-corrected chi connectivity index (χ1v) is 6.65. The van der Waals surface area contributed by atoms with Crippen LogP contribution in [-0.2, 0) is 6.42 Å². The molecule has 98 valence electrons. The Bertz CT molecular complexity index is 568. The third kappa shape index (κ3) is 2.53. The van der Waals surface area contributed by atoms with Gasteiger partial charge in [0.15, 0.2) is 0 Å². The van der Waals surface area contributed by atoms with Gasteiger partial charge in [0.05, 0.1) is 6.04 Å². The molecule has 0 saturated carbocycles. The van der Waals surface area contributed by atoms with Gasteiger partial charge < -0.3 is 10.7 Å². The molecule has 1 atom stereocenters. The maximum absolute atomic E-state index is 5.39. The Balaban J connectivity index is 1.84. The number of pyridine rings is 1. The third-order valence-corrected chi connectivity index (χ3v) is 3.59. The van der Waals surface area contributed by atoms with Crippen molar-refractivity contribution < 1.29 is 0 Å². The van der Waals surface area contributed by atoms with Gasteiger partial charge in [-0.1, -0.05) is 30.3 Å². The number of hydrazine groups is 1. The zero-order chi connectivity index (χ0) is 13.1. The molecule has 1 aliphatic carbocycles. The first kappa shape index (κ1) is 12.0. The van der Waals surface area contributed by atoms with Crippen LogP contribution in [0.2, 0.25) is 0 Å². The Hall–Kier alpha value is -2.07. The van der Waals surface area contributed by atoms with E-state index in [1.807, 2.05) is 18.2 Å². The second-order valence-corrected chi connectivity index (χ2v) is 4.84. The van der Waals surface area contributed by atoms with Crippen LogP contribution in [0.25, 0.3) is 0 Å². The van der Waals surface area contributed by atoms with Gasteiger partial charge in [-0.15, -0.1) is 0 Å². The van der Waals surface area contributed by atoms with Crippen LogP contribution in [0, 0.1) is 0 Å². The number of nitrogens with zero attached hydrogens (tertiary/aromatic N) is 1. The highest BCUT2D eigenvalue weighted by Gasteiger charge is 2.19. The second kappa shape index (κ2) is 5.28. The predicted octanol–water partition coefficient (Wildman–Crippen LogP) is 2.86.